The maximum absolute atomic E-state index is 2.74. The molecule has 1 unspecified atom stereocenters. The molecule has 1 heterocycles. The summed E-state index contributed by atoms with van der Waals surface area (Å²) in [4.78, 5) is 2.74. The van der Waals surface area contributed by atoms with E-state index < -0.39 is 0 Å². The SMILES string of the molecule is CC1CCCCN1C1CCC1. The highest BCUT2D eigenvalue weighted by Crippen LogP contribution is 2.30. The molecule has 1 saturated carbocycles. The molecule has 2 aliphatic rings. The Morgan fingerprint density at radius 2 is 1.82 bits per heavy atom. The largest absolute Gasteiger partial charge is 0.298 e. The fourth-order valence-electron chi connectivity index (χ4n) is 2.38. The molecule has 0 bridgehead atoms. The van der Waals surface area contributed by atoms with Crippen LogP contribution in [0.15, 0.2) is 0 Å². The van der Waals surface area contributed by atoms with Crippen molar-refractivity contribution in [3.05, 3.63) is 0 Å². The highest BCUT2D eigenvalue weighted by Gasteiger charge is 2.29. The minimum absolute atomic E-state index is 0.883. The number of nitrogens with zero attached hydrogens (tertiary/aromatic N) is 1. The van der Waals surface area contributed by atoms with Crippen LogP contribution in [0.25, 0.3) is 0 Å². The van der Waals surface area contributed by atoms with Crippen molar-refractivity contribution in [1.82, 2.24) is 4.90 Å². The van der Waals surface area contributed by atoms with Crippen LogP contribution in [0.3, 0.4) is 0 Å². The average Bonchev–Trinajstić information content (AvgIpc) is 1.90. The van der Waals surface area contributed by atoms with E-state index in [4.69, 9.17) is 0 Å². The third kappa shape index (κ3) is 1.44. The zero-order chi connectivity index (χ0) is 7.68. The Morgan fingerprint density at radius 3 is 2.36 bits per heavy atom. The van der Waals surface area contributed by atoms with Crippen LogP contribution in [0.5, 0.6) is 0 Å². The summed E-state index contributed by atoms with van der Waals surface area (Å²) in [5, 5.41) is 0. The monoisotopic (exact) mass is 153 g/mol. The van der Waals surface area contributed by atoms with E-state index in [-0.39, 0.29) is 0 Å². The normalized spacial score (nSPS) is 35.2. The van der Waals surface area contributed by atoms with Gasteiger partial charge in [0.15, 0.2) is 0 Å². The molecular formula is C10H19N. The number of rotatable bonds is 1. The van der Waals surface area contributed by atoms with E-state index in [0.717, 1.165) is 12.1 Å². The zero-order valence-corrected chi connectivity index (χ0v) is 7.55. The molecule has 1 heteroatoms. The van der Waals surface area contributed by atoms with Crippen LogP contribution in [0.4, 0.5) is 0 Å². The molecule has 0 N–H and O–H groups in total. The Hall–Kier alpha value is -0.0400. The average molecular weight is 153 g/mol. The lowest BCUT2D eigenvalue weighted by atomic mass is 9.88. The van der Waals surface area contributed by atoms with E-state index in [1.165, 1.54) is 45.1 Å². The molecule has 0 radical (unpaired) electrons. The van der Waals surface area contributed by atoms with Crippen LogP contribution in [0.1, 0.15) is 45.4 Å². The molecule has 64 valence electrons. The summed E-state index contributed by atoms with van der Waals surface area (Å²) in [5.41, 5.74) is 0. The summed E-state index contributed by atoms with van der Waals surface area (Å²) < 4.78 is 0. The van der Waals surface area contributed by atoms with E-state index in [1.807, 2.05) is 0 Å². The Labute approximate surface area is 69.8 Å². The number of likely N-dealkylation sites (tertiary alicyclic amines) is 1. The molecular weight excluding hydrogens is 134 g/mol. The lowest BCUT2D eigenvalue weighted by Gasteiger charge is -2.43. The zero-order valence-electron chi connectivity index (χ0n) is 7.55. The van der Waals surface area contributed by atoms with Crippen molar-refractivity contribution in [1.29, 1.82) is 0 Å². The molecule has 0 aromatic carbocycles. The highest BCUT2D eigenvalue weighted by atomic mass is 15.2. The third-order valence-corrected chi connectivity index (χ3v) is 3.40. The molecule has 0 aromatic heterocycles. The molecule has 2 rings (SSSR count). The number of hydrogen-bond donors (Lipinski definition) is 0. The second-order valence-electron chi connectivity index (χ2n) is 4.17. The van der Waals surface area contributed by atoms with E-state index >= 15 is 0 Å². The van der Waals surface area contributed by atoms with Gasteiger partial charge >= 0.3 is 0 Å². The summed E-state index contributed by atoms with van der Waals surface area (Å²) in [6, 6.07) is 1.86. The summed E-state index contributed by atoms with van der Waals surface area (Å²) in [7, 11) is 0. The first-order valence-corrected chi connectivity index (χ1v) is 5.13. The van der Waals surface area contributed by atoms with Gasteiger partial charge in [-0.3, -0.25) is 4.90 Å². The molecule has 0 aromatic rings. The lowest BCUT2D eigenvalue weighted by molar-refractivity contribution is 0.0603. The van der Waals surface area contributed by atoms with Gasteiger partial charge in [0, 0.05) is 12.1 Å². The van der Waals surface area contributed by atoms with Gasteiger partial charge in [-0.05, 0) is 39.2 Å². The van der Waals surface area contributed by atoms with Gasteiger partial charge in [0.25, 0.3) is 0 Å². The van der Waals surface area contributed by atoms with Gasteiger partial charge in [0.1, 0.15) is 0 Å². The van der Waals surface area contributed by atoms with Gasteiger partial charge in [-0.15, -0.1) is 0 Å². The molecule has 1 atom stereocenters. The standard InChI is InChI=1S/C10H19N/c1-9-5-2-3-8-11(9)10-6-4-7-10/h9-10H,2-8H2,1H3. The fourth-order valence-corrected chi connectivity index (χ4v) is 2.38. The number of piperidine rings is 1. The van der Waals surface area contributed by atoms with Gasteiger partial charge in [-0.1, -0.05) is 12.8 Å². The summed E-state index contributed by atoms with van der Waals surface area (Å²) >= 11 is 0. The molecule has 1 aliphatic heterocycles. The smallest absolute Gasteiger partial charge is 0.00980 e. The molecule has 1 saturated heterocycles. The van der Waals surface area contributed by atoms with Crippen molar-refractivity contribution in [2.45, 2.75) is 57.5 Å². The van der Waals surface area contributed by atoms with Gasteiger partial charge < -0.3 is 0 Å². The Morgan fingerprint density at radius 1 is 1.00 bits per heavy atom. The van der Waals surface area contributed by atoms with Crippen molar-refractivity contribution < 1.29 is 0 Å². The van der Waals surface area contributed by atoms with E-state index in [9.17, 15) is 0 Å². The Kier molecular flexibility index (Phi) is 2.17. The summed E-state index contributed by atoms with van der Waals surface area (Å²) in [6.45, 7) is 3.78. The first kappa shape index (κ1) is 7.60. The molecule has 0 spiro atoms. The first-order chi connectivity index (χ1) is 5.38. The minimum atomic E-state index is 0.883. The van der Waals surface area contributed by atoms with Crippen LogP contribution >= 0.6 is 0 Å². The summed E-state index contributed by atoms with van der Waals surface area (Å²) in [6.07, 6.45) is 8.78. The van der Waals surface area contributed by atoms with E-state index in [0.29, 0.717) is 0 Å². The lowest BCUT2D eigenvalue weighted by Crippen LogP contribution is -2.47. The topological polar surface area (TPSA) is 3.24 Å². The fraction of sp³-hybridized carbons (Fsp3) is 1.00. The van der Waals surface area contributed by atoms with Gasteiger partial charge in [-0.25, -0.2) is 0 Å². The second kappa shape index (κ2) is 3.14. The molecule has 1 nitrogen and oxygen atoms in total. The van der Waals surface area contributed by atoms with E-state index in [2.05, 4.69) is 11.8 Å². The Balaban J connectivity index is 1.88. The predicted molar refractivity (Wildman–Crippen MR) is 47.7 cm³/mol. The highest BCUT2D eigenvalue weighted by molar-refractivity contribution is 4.85. The van der Waals surface area contributed by atoms with E-state index in [1.54, 1.807) is 0 Å². The van der Waals surface area contributed by atoms with Gasteiger partial charge in [0.05, 0.1) is 0 Å². The molecule has 1 aliphatic carbocycles. The van der Waals surface area contributed by atoms with Crippen LogP contribution < -0.4 is 0 Å². The predicted octanol–water partition coefficient (Wildman–Crippen LogP) is 2.41. The van der Waals surface area contributed by atoms with Gasteiger partial charge in [0.2, 0.25) is 0 Å². The maximum atomic E-state index is 2.74. The maximum Gasteiger partial charge on any atom is 0.00980 e. The van der Waals surface area contributed by atoms with Crippen LogP contribution in [-0.2, 0) is 0 Å². The molecule has 11 heavy (non-hydrogen) atoms. The molecule has 2 fully saturated rings. The molecule has 0 amide bonds. The van der Waals surface area contributed by atoms with Gasteiger partial charge in [-0.2, -0.15) is 0 Å². The van der Waals surface area contributed by atoms with Crippen molar-refractivity contribution in [2.75, 3.05) is 6.54 Å². The first-order valence-electron chi connectivity index (χ1n) is 5.13. The van der Waals surface area contributed by atoms with Crippen LogP contribution in [0.2, 0.25) is 0 Å². The van der Waals surface area contributed by atoms with Crippen LogP contribution in [0, 0.1) is 0 Å². The quantitative estimate of drug-likeness (QED) is 0.559. The van der Waals surface area contributed by atoms with Crippen molar-refractivity contribution in [3.8, 4) is 0 Å². The van der Waals surface area contributed by atoms with Crippen molar-refractivity contribution in [3.63, 3.8) is 0 Å². The second-order valence-corrected chi connectivity index (χ2v) is 4.17. The minimum Gasteiger partial charge on any atom is -0.298 e. The van der Waals surface area contributed by atoms with Crippen LogP contribution in [-0.4, -0.2) is 23.5 Å². The number of hydrogen-bond acceptors (Lipinski definition) is 1. The third-order valence-electron chi connectivity index (χ3n) is 3.40. The van der Waals surface area contributed by atoms with Crippen molar-refractivity contribution >= 4 is 0 Å². The van der Waals surface area contributed by atoms with Crippen molar-refractivity contribution in [2.24, 2.45) is 0 Å². The Bertz CT molecular complexity index is 127. The summed E-state index contributed by atoms with van der Waals surface area (Å²) in [5.74, 6) is 0.